The third-order valence-electron chi connectivity index (χ3n) is 7.31. The fraction of sp³-hybridized carbons (Fsp3) is 0.464. The molecule has 2 aromatic carbocycles. The summed E-state index contributed by atoms with van der Waals surface area (Å²) in [5.74, 6) is -1.63. The van der Waals surface area contributed by atoms with Gasteiger partial charge in [-0.05, 0) is 47.4 Å². The van der Waals surface area contributed by atoms with E-state index in [4.69, 9.17) is 4.74 Å². The van der Waals surface area contributed by atoms with Crippen LogP contribution in [0.4, 0.5) is 4.79 Å². The van der Waals surface area contributed by atoms with Gasteiger partial charge in [0.2, 0.25) is 5.91 Å². The zero-order valence-electron chi connectivity index (χ0n) is 20.2. The first-order chi connectivity index (χ1) is 17.0. The quantitative estimate of drug-likeness (QED) is 0.459. The van der Waals surface area contributed by atoms with Crippen LogP contribution in [-0.4, -0.2) is 42.3 Å². The number of unbranched alkanes of at least 4 members (excludes halogenated alkanes) is 1. The average molecular weight is 479 g/mol. The van der Waals surface area contributed by atoms with Crippen LogP contribution in [0.5, 0.6) is 0 Å². The van der Waals surface area contributed by atoms with Crippen molar-refractivity contribution in [3.63, 3.8) is 0 Å². The number of amides is 2. The number of nitrogens with one attached hydrogen (secondary N) is 2. The van der Waals surface area contributed by atoms with Gasteiger partial charge in [-0.15, -0.1) is 0 Å². The Morgan fingerprint density at radius 3 is 2.31 bits per heavy atom. The lowest BCUT2D eigenvalue weighted by atomic mass is 9.96. The number of ether oxygens (including phenoxy) is 1. The molecular weight excluding hydrogens is 444 g/mol. The maximum Gasteiger partial charge on any atom is 0.407 e. The third kappa shape index (κ3) is 5.66. The number of carboxylic acids is 1. The molecule has 35 heavy (non-hydrogen) atoms. The Morgan fingerprint density at radius 1 is 1.03 bits per heavy atom. The van der Waals surface area contributed by atoms with E-state index in [2.05, 4.69) is 34.9 Å². The highest BCUT2D eigenvalue weighted by Gasteiger charge is 2.34. The topological polar surface area (TPSA) is 105 Å². The zero-order valence-corrected chi connectivity index (χ0v) is 20.2. The number of carbonyl (C=O) groups excluding carboxylic acids is 2. The maximum atomic E-state index is 12.9. The van der Waals surface area contributed by atoms with Crippen molar-refractivity contribution in [1.29, 1.82) is 0 Å². The summed E-state index contributed by atoms with van der Waals surface area (Å²) in [6.45, 7) is 2.52. The van der Waals surface area contributed by atoms with Gasteiger partial charge in [0.25, 0.3) is 0 Å². The van der Waals surface area contributed by atoms with Gasteiger partial charge in [-0.25, -0.2) is 4.79 Å². The second-order valence-electron chi connectivity index (χ2n) is 9.55. The van der Waals surface area contributed by atoms with Crippen molar-refractivity contribution in [2.75, 3.05) is 13.2 Å². The summed E-state index contributed by atoms with van der Waals surface area (Å²) in [4.78, 5) is 37.0. The highest BCUT2D eigenvalue weighted by molar-refractivity contribution is 5.86. The van der Waals surface area contributed by atoms with Crippen LogP contribution in [0.25, 0.3) is 11.1 Å². The molecule has 7 nitrogen and oxygen atoms in total. The van der Waals surface area contributed by atoms with Crippen LogP contribution in [0.15, 0.2) is 48.5 Å². The molecule has 0 radical (unpaired) electrons. The molecule has 0 bridgehead atoms. The number of rotatable bonds is 10. The van der Waals surface area contributed by atoms with E-state index in [1.54, 1.807) is 0 Å². The second kappa shape index (κ2) is 11.4. The maximum absolute atomic E-state index is 12.9. The molecule has 3 atom stereocenters. The van der Waals surface area contributed by atoms with E-state index in [1.807, 2.05) is 31.2 Å². The lowest BCUT2D eigenvalue weighted by Gasteiger charge is -2.21. The molecular formula is C28H34N2O5. The molecule has 3 N–H and O–H groups in total. The Labute approximate surface area is 206 Å². The molecule has 4 rings (SSSR count). The van der Waals surface area contributed by atoms with E-state index in [9.17, 15) is 19.5 Å². The monoisotopic (exact) mass is 478 g/mol. The third-order valence-corrected chi connectivity index (χ3v) is 7.31. The van der Waals surface area contributed by atoms with Gasteiger partial charge in [0.05, 0.1) is 5.92 Å². The molecule has 0 aromatic heterocycles. The zero-order chi connectivity index (χ0) is 24.8. The highest BCUT2D eigenvalue weighted by atomic mass is 16.5. The van der Waals surface area contributed by atoms with Crippen molar-refractivity contribution in [2.45, 2.75) is 57.4 Å². The SMILES string of the molecule is CCCCC(NC(=O)OCC1c2ccccc2-c2ccccc21)C(=O)NC[C@@H]1CCC[C@@H]1C(=O)O. The van der Waals surface area contributed by atoms with Gasteiger partial charge >= 0.3 is 12.1 Å². The number of hydrogen-bond donors (Lipinski definition) is 3. The first-order valence-electron chi connectivity index (χ1n) is 12.6. The van der Waals surface area contributed by atoms with Crippen LogP contribution in [0.2, 0.25) is 0 Å². The summed E-state index contributed by atoms with van der Waals surface area (Å²) in [5.41, 5.74) is 4.57. The van der Waals surface area contributed by atoms with Gasteiger partial charge in [0.15, 0.2) is 0 Å². The fourth-order valence-electron chi connectivity index (χ4n) is 5.42. The molecule has 7 heteroatoms. The van der Waals surface area contributed by atoms with E-state index in [0.717, 1.165) is 47.9 Å². The first kappa shape index (κ1) is 24.8. The minimum absolute atomic E-state index is 0.0496. The Bertz CT molecular complexity index is 1020. The molecule has 1 saturated carbocycles. The van der Waals surface area contributed by atoms with Gasteiger partial charge < -0.3 is 20.5 Å². The van der Waals surface area contributed by atoms with Crippen molar-refractivity contribution < 1.29 is 24.2 Å². The fourth-order valence-corrected chi connectivity index (χ4v) is 5.42. The van der Waals surface area contributed by atoms with Crippen LogP contribution in [0.3, 0.4) is 0 Å². The summed E-state index contributed by atoms with van der Waals surface area (Å²) >= 11 is 0. The Hall–Kier alpha value is -3.35. The molecule has 2 aliphatic rings. The Balaban J connectivity index is 1.35. The molecule has 1 unspecified atom stereocenters. The van der Waals surface area contributed by atoms with Gasteiger partial charge in [-0.2, -0.15) is 0 Å². The number of carbonyl (C=O) groups is 3. The van der Waals surface area contributed by atoms with Crippen molar-refractivity contribution in [1.82, 2.24) is 10.6 Å². The van der Waals surface area contributed by atoms with Gasteiger partial charge in [0, 0.05) is 12.5 Å². The smallest absolute Gasteiger partial charge is 0.407 e. The van der Waals surface area contributed by atoms with Crippen molar-refractivity contribution in [3.05, 3.63) is 59.7 Å². The van der Waals surface area contributed by atoms with Crippen LogP contribution in [0, 0.1) is 11.8 Å². The van der Waals surface area contributed by atoms with Crippen molar-refractivity contribution in [2.24, 2.45) is 11.8 Å². The molecule has 0 spiro atoms. The largest absolute Gasteiger partial charge is 0.481 e. The van der Waals surface area contributed by atoms with Gasteiger partial charge in [-0.3, -0.25) is 9.59 Å². The summed E-state index contributed by atoms with van der Waals surface area (Å²) in [6.07, 6.45) is 3.84. The number of fused-ring (bicyclic) bond motifs is 3. The van der Waals surface area contributed by atoms with E-state index in [1.165, 1.54) is 0 Å². The minimum atomic E-state index is -0.805. The lowest BCUT2D eigenvalue weighted by Crippen LogP contribution is -2.48. The summed E-state index contributed by atoms with van der Waals surface area (Å²) in [7, 11) is 0. The lowest BCUT2D eigenvalue weighted by molar-refractivity contribution is -0.143. The van der Waals surface area contributed by atoms with Crippen LogP contribution in [-0.2, 0) is 14.3 Å². The van der Waals surface area contributed by atoms with Crippen LogP contribution >= 0.6 is 0 Å². The predicted octanol–water partition coefficient (Wildman–Crippen LogP) is 4.70. The van der Waals surface area contributed by atoms with Gasteiger partial charge in [0.1, 0.15) is 12.6 Å². The van der Waals surface area contributed by atoms with Crippen LogP contribution < -0.4 is 10.6 Å². The van der Waals surface area contributed by atoms with E-state index >= 15 is 0 Å². The van der Waals surface area contributed by atoms with Gasteiger partial charge in [-0.1, -0.05) is 74.7 Å². The molecule has 0 heterocycles. The van der Waals surface area contributed by atoms with Crippen molar-refractivity contribution >= 4 is 18.0 Å². The van der Waals surface area contributed by atoms with E-state index in [0.29, 0.717) is 19.4 Å². The molecule has 2 aliphatic carbocycles. The minimum Gasteiger partial charge on any atom is -0.481 e. The molecule has 0 aliphatic heterocycles. The number of hydrogen-bond acceptors (Lipinski definition) is 4. The van der Waals surface area contributed by atoms with Crippen molar-refractivity contribution in [3.8, 4) is 11.1 Å². The Kier molecular flexibility index (Phi) is 8.06. The molecule has 2 amide bonds. The normalized spacial score (nSPS) is 19.5. The Morgan fingerprint density at radius 2 is 1.69 bits per heavy atom. The van der Waals surface area contributed by atoms with Crippen LogP contribution in [0.1, 0.15) is 62.5 Å². The molecule has 0 saturated heterocycles. The predicted molar refractivity (Wildman–Crippen MR) is 133 cm³/mol. The van der Waals surface area contributed by atoms with E-state index < -0.39 is 24.0 Å². The summed E-state index contributed by atoms with van der Waals surface area (Å²) in [6, 6.07) is 15.6. The highest BCUT2D eigenvalue weighted by Crippen LogP contribution is 2.44. The average Bonchev–Trinajstić information content (AvgIpc) is 3.47. The second-order valence-corrected chi connectivity index (χ2v) is 9.55. The summed E-state index contributed by atoms with van der Waals surface area (Å²) in [5, 5.41) is 15.0. The molecule has 2 aromatic rings. The number of carboxylic acid groups (broad SMARTS) is 1. The standard InChI is InChI=1S/C28H34N2O5/c1-2-3-15-25(26(31)29-16-18-9-8-14-19(18)27(32)33)30-28(34)35-17-24-22-12-6-4-10-20(22)21-11-5-7-13-23(21)24/h4-7,10-13,18-19,24-25H,2-3,8-9,14-17H2,1H3,(H,29,31)(H,30,34)(H,32,33)/t18-,19-,25?/m0/s1. The number of aliphatic carboxylic acids is 1. The molecule has 186 valence electrons. The first-order valence-corrected chi connectivity index (χ1v) is 12.6. The number of benzene rings is 2. The number of alkyl carbamates (subject to hydrolysis) is 1. The summed E-state index contributed by atoms with van der Waals surface area (Å²) < 4.78 is 5.62. The molecule has 1 fully saturated rings. The van der Waals surface area contributed by atoms with E-state index in [-0.39, 0.29) is 24.3 Å².